The molecule has 0 radical (unpaired) electrons. The minimum atomic E-state index is -0.868. The summed E-state index contributed by atoms with van der Waals surface area (Å²) in [7, 11) is 0. The van der Waals surface area contributed by atoms with Crippen molar-refractivity contribution in [2.75, 3.05) is 0 Å². The van der Waals surface area contributed by atoms with Gasteiger partial charge < -0.3 is 10.2 Å². The van der Waals surface area contributed by atoms with E-state index >= 15 is 0 Å². The molecule has 18 heavy (non-hydrogen) atoms. The summed E-state index contributed by atoms with van der Waals surface area (Å²) in [5.74, 6) is 0.855. The van der Waals surface area contributed by atoms with Crippen LogP contribution in [0.4, 0.5) is 0 Å². The third kappa shape index (κ3) is 1.19. The summed E-state index contributed by atoms with van der Waals surface area (Å²) in [4.78, 5) is 12.1. The van der Waals surface area contributed by atoms with Crippen LogP contribution in [0.15, 0.2) is 11.6 Å². The molecule has 0 aromatic heterocycles. The molecule has 3 aliphatic rings. The molecule has 2 N–H and O–H groups in total. The maximum absolute atomic E-state index is 12.1. The van der Waals surface area contributed by atoms with Crippen molar-refractivity contribution in [2.24, 2.45) is 28.6 Å². The number of carbonyl (C=O) groups excluding carboxylic acids is 1. The molecule has 100 valence electrons. The van der Waals surface area contributed by atoms with Gasteiger partial charge in [-0.25, -0.2) is 0 Å². The quantitative estimate of drug-likeness (QED) is 0.685. The monoisotopic (exact) mass is 250 g/mol. The highest BCUT2D eigenvalue weighted by molar-refractivity contribution is 5.97. The van der Waals surface area contributed by atoms with Gasteiger partial charge in [0, 0.05) is 5.92 Å². The van der Waals surface area contributed by atoms with Crippen molar-refractivity contribution in [1.29, 1.82) is 0 Å². The summed E-state index contributed by atoms with van der Waals surface area (Å²) in [6.45, 7) is 8.58. The standard InChI is InChI=1S/C15H22O3/c1-7-5-10(17)12(18)8-6-9(16)11-13(14(11,2)3)15(7,8)4/h6-7,10-13,17-18H,5H2,1-4H3/t7-,10-,11-,12+,13+,15+/m0/s1. The highest BCUT2D eigenvalue weighted by Crippen LogP contribution is 2.73. The predicted molar refractivity (Wildman–Crippen MR) is 67.8 cm³/mol. The molecule has 0 aromatic carbocycles. The van der Waals surface area contributed by atoms with Crippen molar-refractivity contribution in [3.05, 3.63) is 11.6 Å². The topological polar surface area (TPSA) is 57.5 Å². The van der Waals surface area contributed by atoms with Gasteiger partial charge in [-0.05, 0) is 40.7 Å². The molecule has 2 saturated carbocycles. The van der Waals surface area contributed by atoms with E-state index in [4.69, 9.17) is 0 Å². The number of allylic oxidation sites excluding steroid dienone is 1. The number of carbonyl (C=O) groups is 1. The van der Waals surface area contributed by atoms with Crippen molar-refractivity contribution in [3.63, 3.8) is 0 Å². The van der Waals surface area contributed by atoms with Gasteiger partial charge in [-0.1, -0.05) is 27.7 Å². The Labute approximate surface area is 108 Å². The lowest BCUT2D eigenvalue weighted by Crippen LogP contribution is -2.49. The zero-order valence-electron chi connectivity index (χ0n) is 11.5. The first-order valence-corrected chi connectivity index (χ1v) is 6.84. The van der Waals surface area contributed by atoms with E-state index in [1.54, 1.807) is 6.08 Å². The summed E-state index contributed by atoms with van der Waals surface area (Å²) in [5.41, 5.74) is 0.659. The van der Waals surface area contributed by atoms with Gasteiger partial charge in [0.2, 0.25) is 0 Å². The van der Waals surface area contributed by atoms with Crippen molar-refractivity contribution >= 4 is 5.78 Å². The Morgan fingerprint density at radius 3 is 2.50 bits per heavy atom. The molecule has 0 spiro atoms. The van der Waals surface area contributed by atoms with E-state index < -0.39 is 12.2 Å². The van der Waals surface area contributed by atoms with Crippen LogP contribution in [0.1, 0.15) is 34.1 Å². The lowest BCUT2D eigenvalue weighted by molar-refractivity contribution is -0.118. The predicted octanol–water partition coefficient (Wildman–Crippen LogP) is 1.54. The first-order valence-electron chi connectivity index (χ1n) is 6.84. The number of rotatable bonds is 0. The second kappa shape index (κ2) is 3.26. The fourth-order valence-electron chi connectivity index (χ4n) is 4.80. The van der Waals surface area contributed by atoms with Gasteiger partial charge in [-0.15, -0.1) is 0 Å². The number of fused-ring (bicyclic) bond motifs is 3. The largest absolute Gasteiger partial charge is 0.390 e. The van der Waals surface area contributed by atoms with Gasteiger partial charge in [0.05, 0.1) is 6.10 Å². The second-order valence-electron chi connectivity index (χ2n) is 7.21. The van der Waals surface area contributed by atoms with Gasteiger partial charge in [0.25, 0.3) is 0 Å². The first kappa shape index (κ1) is 12.4. The molecule has 3 aliphatic carbocycles. The first-order chi connectivity index (χ1) is 8.22. The van der Waals surface area contributed by atoms with Crippen molar-refractivity contribution in [1.82, 2.24) is 0 Å². The Bertz CT molecular complexity index is 451. The average molecular weight is 250 g/mol. The summed E-state index contributed by atoms with van der Waals surface area (Å²) >= 11 is 0. The van der Waals surface area contributed by atoms with E-state index in [2.05, 4.69) is 27.7 Å². The average Bonchev–Trinajstić information content (AvgIpc) is 2.85. The molecule has 0 saturated heterocycles. The van der Waals surface area contributed by atoms with Crippen LogP contribution in [0.2, 0.25) is 0 Å². The van der Waals surface area contributed by atoms with Gasteiger partial charge in [0.15, 0.2) is 5.78 Å². The molecule has 0 bridgehead atoms. The van der Waals surface area contributed by atoms with E-state index in [-0.39, 0.29) is 22.5 Å². The van der Waals surface area contributed by atoms with E-state index in [9.17, 15) is 15.0 Å². The molecule has 0 amide bonds. The van der Waals surface area contributed by atoms with Crippen LogP contribution in [-0.2, 0) is 4.79 Å². The Morgan fingerprint density at radius 1 is 1.28 bits per heavy atom. The van der Waals surface area contributed by atoms with Crippen LogP contribution >= 0.6 is 0 Å². The number of aliphatic hydroxyl groups is 2. The third-order valence-corrected chi connectivity index (χ3v) is 6.00. The Kier molecular flexibility index (Phi) is 2.24. The second-order valence-corrected chi connectivity index (χ2v) is 7.21. The van der Waals surface area contributed by atoms with Crippen molar-refractivity contribution in [2.45, 2.75) is 46.3 Å². The van der Waals surface area contributed by atoms with Crippen LogP contribution < -0.4 is 0 Å². The smallest absolute Gasteiger partial charge is 0.159 e. The molecule has 3 nitrogen and oxygen atoms in total. The zero-order valence-corrected chi connectivity index (χ0v) is 11.5. The lowest BCUT2D eigenvalue weighted by atomic mass is 9.58. The summed E-state index contributed by atoms with van der Waals surface area (Å²) < 4.78 is 0. The third-order valence-electron chi connectivity index (χ3n) is 6.00. The maximum Gasteiger partial charge on any atom is 0.159 e. The Balaban J connectivity index is 2.12. The molecule has 0 unspecified atom stereocenters. The Hall–Kier alpha value is -0.670. The molecule has 3 heteroatoms. The van der Waals surface area contributed by atoms with Crippen molar-refractivity contribution < 1.29 is 15.0 Å². The summed E-state index contributed by atoms with van der Waals surface area (Å²) in [5, 5.41) is 20.1. The number of hydrogen-bond donors (Lipinski definition) is 2. The minimum absolute atomic E-state index is 0.0281. The summed E-state index contributed by atoms with van der Waals surface area (Å²) in [6, 6.07) is 0. The summed E-state index contributed by atoms with van der Waals surface area (Å²) in [6.07, 6.45) is 0.639. The van der Waals surface area contributed by atoms with Gasteiger partial charge >= 0.3 is 0 Å². The molecule has 0 aromatic rings. The normalized spacial score (nSPS) is 53.3. The molecule has 6 atom stereocenters. The maximum atomic E-state index is 12.1. The molecule has 0 heterocycles. The van der Waals surface area contributed by atoms with Gasteiger partial charge in [0.1, 0.15) is 6.10 Å². The Morgan fingerprint density at radius 2 is 1.89 bits per heavy atom. The minimum Gasteiger partial charge on any atom is -0.390 e. The van der Waals surface area contributed by atoms with Gasteiger partial charge in [-0.2, -0.15) is 0 Å². The zero-order chi connectivity index (χ0) is 13.5. The van der Waals surface area contributed by atoms with Crippen molar-refractivity contribution in [3.8, 4) is 0 Å². The highest BCUT2D eigenvalue weighted by Gasteiger charge is 2.72. The van der Waals surface area contributed by atoms with E-state index in [1.807, 2.05) is 0 Å². The molecular weight excluding hydrogens is 228 g/mol. The van der Waals surface area contributed by atoms with Crippen LogP contribution in [0.5, 0.6) is 0 Å². The van der Waals surface area contributed by atoms with Crippen LogP contribution in [0, 0.1) is 28.6 Å². The fourth-order valence-corrected chi connectivity index (χ4v) is 4.80. The molecule has 3 rings (SSSR count). The molecule has 2 fully saturated rings. The molecular formula is C15H22O3. The fraction of sp³-hybridized carbons (Fsp3) is 0.800. The number of aliphatic hydroxyl groups excluding tert-OH is 2. The van der Waals surface area contributed by atoms with E-state index in [1.165, 1.54) is 0 Å². The molecule has 0 aliphatic heterocycles. The number of ketones is 1. The van der Waals surface area contributed by atoms with Gasteiger partial charge in [-0.3, -0.25) is 4.79 Å². The van der Waals surface area contributed by atoms with E-state index in [0.717, 1.165) is 5.57 Å². The van der Waals surface area contributed by atoms with Crippen LogP contribution in [0.25, 0.3) is 0 Å². The van der Waals surface area contributed by atoms with E-state index in [0.29, 0.717) is 18.3 Å². The van der Waals surface area contributed by atoms with Crippen LogP contribution in [-0.4, -0.2) is 28.2 Å². The lowest BCUT2D eigenvalue weighted by Gasteiger charge is -2.48. The SMILES string of the molecule is C[C@H]1C[C@H](O)[C@H](O)C2=CC(=O)[C@H]3[C@H](C3(C)C)[C@@]21C. The van der Waals surface area contributed by atoms with Crippen LogP contribution in [0.3, 0.4) is 0 Å². The highest BCUT2D eigenvalue weighted by atomic mass is 16.3. The number of hydrogen-bond acceptors (Lipinski definition) is 3.